The van der Waals surface area contributed by atoms with E-state index in [2.05, 4.69) is 6.92 Å². The molecule has 2 N–H and O–H groups in total. The summed E-state index contributed by atoms with van der Waals surface area (Å²) in [6.07, 6.45) is 1.69. The van der Waals surface area contributed by atoms with Crippen LogP contribution in [0.2, 0.25) is 10.0 Å². The molecule has 1 unspecified atom stereocenters. The molecule has 0 heterocycles. The Morgan fingerprint density at radius 2 is 2.12 bits per heavy atom. The topological polar surface area (TPSA) is 35.2 Å². The lowest BCUT2D eigenvalue weighted by molar-refractivity contribution is 0.121. The molecule has 0 saturated carbocycles. The van der Waals surface area contributed by atoms with Gasteiger partial charge in [-0.15, -0.1) is 0 Å². The third-order valence-electron chi connectivity index (χ3n) is 2.19. The first-order valence-corrected chi connectivity index (χ1v) is 6.17. The highest BCUT2D eigenvalue weighted by atomic mass is 35.5. The molecule has 0 aliphatic heterocycles. The Balaban J connectivity index is 2.49. The summed E-state index contributed by atoms with van der Waals surface area (Å²) in [4.78, 5) is 0. The zero-order valence-corrected chi connectivity index (χ0v) is 10.9. The second-order valence-corrected chi connectivity index (χ2v) is 4.54. The molecule has 1 aromatic carbocycles. The molecule has 1 aromatic rings. The molecule has 0 bridgehead atoms. The number of rotatable bonds is 6. The third-order valence-corrected chi connectivity index (χ3v) is 3.05. The summed E-state index contributed by atoms with van der Waals surface area (Å²) in [6, 6.07) is 5.55. The van der Waals surface area contributed by atoms with Crippen molar-refractivity contribution in [3.63, 3.8) is 0 Å². The van der Waals surface area contributed by atoms with Crippen molar-refractivity contribution in [1.29, 1.82) is 0 Å². The van der Waals surface area contributed by atoms with Gasteiger partial charge >= 0.3 is 0 Å². The summed E-state index contributed by atoms with van der Waals surface area (Å²) in [7, 11) is 0. The minimum atomic E-state index is -0.0393. The Morgan fingerprint density at radius 1 is 1.38 bits per heavy atom. The molecule has 0 aliphatic carbocycles. The van der Waals surface area contributed by atoms with Crippen LogP contribution in [0.3, 0.4) is 0 Å². The van der Waals surface area contributed by atoms with Crippen LogP contribution in [0, 0.1) is 0 Å². The highest BCUT2D eigenvalue weighted by molar-refractivity contribution is 6.42. The Labute approximate surface area is 107 Å². The number of ether oxygens (including phenoxy) is 1. The summed E-state index contributed by atoms with van der Waals surface area (Å²) in [6.45, 7) is 3.37. The number of halogens is 2. The average molecular weight is 262 g/mol. The van der Waals surface area contributed by atoms with Gasteiger partial charge in [0.25, 0.3) is 0 Å². The largest absolute Gasteiger partial charge is 0.380 e. The van der Waals surface area contributed by atoms with Crippen molar-refractivity contribution in [1.82, 2.24) is 0 Å². The van der Waals surface area contributed by atoms with Gasteiger partial charge in [0, 0.05) is 12.6 Å². The highest BCUT2D eigenvalue weighted by Crippen LogP contribution is 2.26. The minimum absolute atomic E-state index is 0.0393. The van der Waals surface area contributed by atoms with E-state index in [0.29, 0.717) is 23.1 Å². The van der Waals surface area contributed by atoms with Crippen molar-refractivity contribution in [2.45, 2.75) is 25.8 Å². The van der Waals surface area contributed by atoms with Crippen LogP contribution in [0.15, 0.2) is 18.2 Å². The second-order valence-electron chi connectivity index (χ2n) is 3.75. The van der Waals surface area contributed by atoms with Crippen LogP contribution in [0.4, 0.5) is 0 Å². The average Bonchev–Trinajstić information content (AvgIpc) is 2.25. The van der Waals surface area contributed by atoms with Crippen LogP contribution in [-0.2, 0) is 11.2 Å². The van der Waals surface area contributed by atoms with Crippen LogP contribution < -0.4 is 5.73 Å². The molecule has 0 aromatic heterocycles. The van der Waals surface area contributed by atoms with E-state index in [0.717, 1.165) is 18.6 Å². The van der Waals surface area contributed by atoms with E-state index in [1.165, 1.54) is 0 Å². The van der Waals surface area contributed by atoms with Gasteiger partial charge in [-0.2, -0.15) is 0 Å². The summed E-state index contributed by atoms with van der Waals surface area (Å²) in [5, 5.41) is 1.16. The van der Waals surface area contributed by atoms with E-state index in [9.17, 15) is 0 Å². The van der Waals surface area contributed by atoms with Crippen molar-refractivity contribution in [2.24, 2.45) is 5.73 Å². The van der Waals surface area contributed by atoms with Crippen LogP contribution in [-0.4, -0.2) is 19.3 Å². The Morgan fingerprint density at radius 3 is 2.81 bits per heavy atom. The van der Waals surface area contributed by atoms with Gasteiger partial charge in [-0.1, -0.05) is 42.3 Å². The van der Waals surface area contributed by atoms with E-state index in [-0.39, 0.29) is 6.04 Å². The molecule has 0 saturated heterocycles. The predicted molar refractivity (Wildman–Crippen MR) is 69.3 cm³/mol. The van der Waals surface area contributed by atoms with Crippen molar-refractivity contribution in [3.05, 3.63) is 33.8 Å². The zero-order valence-electron chi connectivity index (χ0n) is 9.38. The number of hydrogen-bond acceptors (Lipinski definition) is 2. The van der Waals surface area contributed by atoms with E-state index >= 15 is 0 Å². The highest BCUT2D eigenvalue weighted by Gasteiger charge is 2.09. The monoisotopic (exact) mass is 261 g/mol. The normalized spacial score (nSPS) is 12.8. The van der Waals surface area contributed by atoms with E-state index < -0.39 is 0 Å². The van der Waals surface area contributed by atoms with Crippen molar-refractivity contribution in [3.8, 4) is 0 Å². The molecule has 0 fully saturated rings. The lowest BCUT2D eigenvalue weighted by atomic mass is 10.1. The predicted octanol–water partition coefficient (Wildman–Crippen LogP) is 3.29. The van der Waals surface area contributed by atoms with Crippen molar-refractivity contribution in [2.75, 3.05) is 13.2 Å². The van der Waals surface area contributed by atoms with Crippen molar-refractivity contribution < 1.29 is 4.74 Å². The Hall–Kier alpha value is -0.280. The molecule has 90 valence electrons. The number of benzene rings is 1. The summed E-state index contributed by atoms with van der Waals surface area (Å²) in [5.41, 5.74) is 6.91. The van der Waals surface area contributed by atoms with Crippen LogP contribution in [0.25, 0.3) is 0 Å². The van der Waals surface area contributed by atoms with Gasteiger partial charge in [0.15, 0.2) is 0 Å². The fraction of sp³-hybridized carbons (Fsp3) is 0.500. The summed E-state index contributed by atoms with van der Waals surface area (Å²) in [5.74, 6) is 0. The molecule has 0 radical (unpaired) electrons. The maximum atomic E-state index is 6.07. The molecular weight excluding hydrogens is 245 g/mol. The summed E-state index contributed by atoms with van der Waals surface area (Å²) < 4.78 is 5.39. The molecule has 16 heavy (non-hydrogen) atoms. The van der Waals surface area contributed by atoms with Crippen LogP contribution >= 0.6 is 23.2 Å². The lowest BCUT2D eigenvalue weighted by Gasteiger charge is -2.13. The number of hydrogen-bond donors (Lipinski definition) is 1. The maximum absolute atomic E-state index is 6.07. The minimum Gasteiger partial charge on any atom is -0.380 e. The van der Waals surface area contributed by atoms with Crippen LogP contribution in [0.1, 0.15) is 18.9 Å². The van der Waals surface area contributed by atoms with Crippen LogP contribution in [0.5, 0.6) is 0 Å². The fourth-order valence-electron chi connectivity index (χ4n) is 1.43. The molecule has 1 rings (SSSR count). The molecule has 0 amide bonds. The molecule has 4 heteroatoms. The van der Waals surface area contributed by atoms with Gasteiger partial charge in [0.1, 0.15) is 0 Å². The third kappa shape index (κ3) is 4.30. The Kier molecular flexibility index (Phi) is 6.14. The van der Waals surface area contributed by atoms with Crippen molar-refractivity contribution >= 4 is 23.2 Å². The zero-order chi connectivity index (χ0) is 12.0. The fourth-order valence-corrected chi connectivity index (χ4v) is 1.82. The van der Waals surface area contributed by atoms with Gasteiger partial charge in [0.05, 0.1) is 16.7 Å². The maximum Gasteiger partial charge on any atom is 0.0624 e. The van der Waals surface area contributed by atoms with E-state index in [4.69, 9.17) is 33.7 Å². The van der Waals surface area contributed by atoms with E-state index in [1.807, 2.05) is 12.1 Å². The summed E-state index contributed by atoms with van der Waals surface area (Å²) >= 11 is 12.0. The quantitative estimate of drug-likeness (QED) is 0.798. The second kappa shape index (κ2) is 7.13. The van der Waals surface area contributed by atoms with Gasteiger partial charge in [-0.25, -0.2) is 0 Å². The molecule has 1 atom stereocenters. The standard InChI is InChI=1S/C12H17Cl2NO/c1-2-6-16-8-10(15)7-9-4-3-5-11(13)12(9)14/h3-5,10H,2,6-8,15H2,1H3. The van der Waals surface area contributed by atoms with Gasteiger partial charge in [0.2, 0.25) is 0 Å². The van der Waals surface area contributed by atoms with Gasteiger partial charge in [-0.05, 0) is 24.5 Å². The van der Waals surface area contributed by atoms with Gasteiger partial charge < -0.3 is 10.5 Å². The Bertz CT molecular complexity index is 331. The van der Waals surface area contributed by atoms with E-state index in [1.54, 1.807) is 6.07 Å². The molecule has 0 spiro atoms. The first kappa shape index (κ1) is 13.8. The number of nitrogens with two attached hydrogens (primary N) is 1. The molecule has 0 aliphatic rings. The molecule has 2 nitrogen and oxygen atoms in total. The molecular formula is C12H17Cl2NO. The van der Waals surface area contributed by atoms with Gasteiger partial charge in [-0.3, -0.25) is 0 Å². The first-order valence-electron chi connectivity index (χ1n) is 5.41. The first-order chi connectivity index (χ1) is 7.65. The smallest absolute Gasteiger partial charge is 0.0624 e. The lowest BCUT2D eigenvalue weighted by Crippen LogP contribution is -2.28. The SMILES string of the molecule is CCCOCC(N)Cc1cccc(Cl)c1Cl.